The number of nitrogens with zero attached hydrogens (tertiary/aromatic N) is 2. The minimum atomic E-state index is -5.60. The molecule has 3 aromatic rings. The van der Waals surface area contributed by atoms with Crippen LogP contribution in [0.4, 0.5) is 18.9 Å². The van der Waals surface area contributed by atoms with Crippen LogP contribution in [0.25, 0.3) is 0 Å². The van der Waals surface area contributed by atoms with Crippen LogP contribution >= 0.6 is 0 Å². The molecule has 0 saturated carbocycles. The monoisotopic (exact) mass is 439 g/mol. The molecule has 1 unspecified atom stereocenters. The third-order valence-electron chi connectivity index (χ3n) is 4.20. The van der Waals surface area contributed by atoms with Crippen LogP contribution in [0.3, 0.4) is 0 Å². The number of carbonyl (C=O) groups excluding carboxylic acids is 1. The predicted molar refractivity (Wildman–Crippen MR) is 102 cm³/mol. The Labute approximate surface area is 170 Å². The van der Waals surface area contributed by atoms with E-state index < -0.39 is 32.2 Å². The van der Waals surface area contributed by atoms with Gasteiger partial charge in [-0.3, -0.25) is 9.48 Å². The van der Waals surface area contributed by atoms with Gasteiger partial charge in [-0.05, 0) is 29.8 Å². The number of methoxy groups -OCH3 is 1. The smallest absolute Gasteiger partial charge is 0.495 e. The number of sulfone groups is 1. The molecule has 0 saturated heterocycles. The van der Waals surface area contributed by atoms with E-state index in [0.717, 1.165) is 12.1 Å². The van der Waals surface area contributed by atoms with Crippen molar-refractivity contribution >= 4 is 21.4 Å². The number of anilines is 1. The SMILES string of the molecule is COc1ccc(S(=O)(=O)C(F)(F)F)cc1NC(=O)C(c1ccccc1)n1cccn1. The summed E-state index contributed by atoms with van der Waals surface area (Å²) < 4.78 is 68.7. The number of amides is 1. The number of hydrogen-bond acceptors (Lipinski definition) is 5. The fourth-order valence-corrected chi connectivity index (χ4v) is 3.57. The van der Waals surface area contributed by atoms with Gasteiger partial charge in [-0.25, -0.2) is 8.42 Å². The Hall–Kier alpha value is -3.34. The van der Waals surface area contributed by atoms with E-state index >= 15 is 0 Å². The maximum atomic E-state index is 13.0. The molecule has 0 aliphatic rings. The zero-order valence-electron chi connectivity index (χ0n) is 15.5. The fourth-order valence-electron chi connectivity index (χ4n) is 2.78. The molecule has 11 heteroatoms. The number of aromatic nitrogens is 2. The van der Waals surface area contributed by atoms with Crippen molar-refractivity contribution in [2.24, 2.45) is 0 Å². The van der Waals surface area contributed by atoms with Crippen molar-refractivity contribution < 1.29 is 31.1 Å². The number of rotatable bonds is 6. The van der Waals surface area contributed by atoms with E-state index in [1.807, 2.05) is 0 Å². The number of hydrogen-bond donors (Lipinski definition) is 1. The lowest BCUT2D eigenvalue weighted by atomic mass is 10.1. The summed E-state index contributed by atoms with van der Waals surface area (Å²) >= 11 is 0. The zero-order chi connectivity index (χ0) is 21.9. The summed E-state index contributed by atoms with van der Waals surface area (Å²) in [5.41, 5.74) is -5.14. The molecule has 1 heterocycles. The lowest BCUT2D eigenvalue weighted by Gasteiger charge is -2.19. The number of benzene rings is 2. The van der Waals surface area contributed by atoms with Crippen LogP contribution < -0.4 is 10.1 Å². The first kappa shape index (κ1) is 21.4. The van der Waals surface area contributed by atoms with Crippen LogP contribution in [0.15, 0.2) is 71.9 Å². The molecular formula is C19H16F3N3O4S. The van der Waals surface area contributed by atoms with E-state index in [9.17, 15) is 26.4 Å². The second kappa shape index (κ2) is 8.19. The average molecular weight is 439 g/mol. The second-order valence-electron chi connectivity index (χ2n) is 6.10. The highest BCUT2D eigenvalue weighted by atomic mass is 32.2. The Kier molecular flexibility index (Phi) is 5.83. The third-order valence-corrected chi connectivity index (χ3v) is 5.68. The van der Waals surface area contributed by atoms with Crippen molar-refractivity contribution in [1.82, 2.24) is 9.78 Å². The summed E-state index contributed by atoms with van der Waals surface area (Å²) in [5.74, 6) is -0.651. The summed E-state index contributed by atoms with van der Waals surface area (Å²) in [6, 6.07) is 11.8. The average Bonchev–Trinajstić information content (AvgIpc) is 3.22. The molecule has 0 aliphatic heterocycles. The lowest BCUT2D eigenvalue weighted by Crippen LogP contribution is -2.28. The van der Waals surface area contributed by atoms with Crippen LogP contribution in [0.2, 0.25) is 0 Å². The van der Waals surface area contributed by atoms with Gasteiger partial charge in [0.1, 0.15) is 5.75 Å². The molecule has 0 fully saturated rings. The maximum Gasteiger partial charge on any atom is 0.501 e. The molecule has 0 spiro atoms. The van der Waals surface area contributed by atoms with Gasteiger partial charge in [-0.2, -0.15) is 18.3 Å². The van der Waals surface area contributed by atoms with Crippen molar-refractivity contribution in [3.05, 3.63) is 72.6 Å². The number of halogens is 3. The number of carbonyl (C=O) groups is 1. The van der Waals surface area contributed by atoms with Gasteiger partial charge in [0.15, 0.2) is 6.04 Å². The minimum absolute atomic E-state index is 0.00301. The van der Waals surface area contributed by atoms with Crippen molar-refractivity contribution in [2.45, 2.75) is 16.4 Å². The molecule has 1 N–H and O–H groups in total. The van der Waals surface area contributed by atoms with Gasteiger partial charge in [0.25, 0.3) is 15.7 Å². The largest absolute Gasteiger partial charge is 0.501 e. The van der Waals surface area contributed by atoms with Crippen molar-refractivity contribution in [1.29, 1.82) is 0 Å². The highest BCUT2D eigenvalue weighted by Gasteiger charge is 2.47. The molecule has 1 aromatic heterocycles. The minimum Gasteiger partial charge on any atom is -0.495 e. The van der Waals surface area contributed by atoms with Crippen LogP contribution in [-0.2, 0) is 14.6 Å². The molecule has 7 nitrogen and oxygen atoms in total. The molecule has 30 heavy (non-hydrogen) atoms. The number of ether oxygens (including phenoxy) is 1. The van der Waals surface area contributed by atoms with Crippen molar-refractivity contribution in [2.75, 3.05) is 12.4 Å². The van der Waals surface area contributed by atoms with Gasteiger partial charge in [0.2, 0.25) is 0 Å². The molecule has 1 atom stereocenters. The van der Waals surface area contributed by atoms with E-state index in [1.54, 1.807) is 42.6 Å². The van der Waals surface area contributed by atoms with Gasteiger partial charge < -0.3 is 10.1 Å². The van der Waals surface area contributed by atoms with E-state index in [1.165, 1.54) is 18.0 Å². The molecular weight excluding hydrogens is 423 g/mol. The maximum absolute atomic E-state index is 13.0. The Morgan fingerprint density at radius 3 is 2.40 bits per heavy atom. The fraction of sp³-hybridized carbons (Fsp3) is 0.158. The zero-order valence-corrected chi connectivity index (χ0v) is 16.3. The first-order valence-corrected chi connectivity index (χ1v) is 9.98. The number of alkyl halides is 3. The molecule has 0 aliphatic carbocycles. The highest BCUT2D eigenvalue weighted by Crippen LogP contribution is 2.35. The Morgan fingerprint density at radius 1 is 1.13 bits per heavy atom. The lowest BCUT2D eigenvalue weighted by molar-refractivity contribution is -0.118. The van der Waals surface area contributed by atoms with Crippen LogP contribution in [0, 0.1) is 0 Å². The van der Waals surface area contributed by atoms with Crippen molar-refractivity contribution in [3.8, 4) is 5.75 Å². The molecule has 0 radical (unpaired) electrons. The van der Waals surface area contributed by atoms with Gasteiger partial charge in [-0.15, -0.1) is 0 Å². The standard InChI is InChI=1S/C19H16F3N3O4S/c1-29-16-9-8-14(30(27,28)19(20,21)22)12-15(16)24-18(26)17(25-11-5-10-23-25)13-6-3-2-4-7-13/h2-12,17H,1H3,(H,24,26). The van der Waals surface area contributed by atoms with E-state index in [0.29, 0.717) is 11.6 Å². The Morgan fingerprint density at radius 2 is 1.83 bits per heavy atom. The summed E-state index contributed by atoms with van der Waals surface area (Å²) in [6.45, 7) is 0. The van der Waals surface area contributed by atoms with Gasteiger partial charge in [0, 0.05) is 12.4 Å². The predicted octanol–water partition coefficient (Wildman–Crippen LogP) is 3.41. The summed E-state index contributed by atoms with van der Waals surface area (Å²) in [6.07, 6.45) is 3.03. The van der Waals surface area contributed by atoms with Gasteiger partial charge >= 0.3 is 5.51 Å². The molecule has 1 amide bonds. The third kappa shape index (κ3) is 4.15. The normalized spacial score (nSPS) is 12.9. The van der Waals surface area contributed by atoms with Gasteiger partial charge in [-0.1, -0.05) is 30.3 Å². The quantitative estimate of drug-likeness (QED) is 0.636. The first-order chi connectivity index (χ1) is 14.1. The van der Waals surface area contributed by atoms with E-state index in [-0.39, 0.29) is 11.4 Å². The summed E-state index contributed by atoms with van der Waals surface area (Å²) in [4.78, 5) is 12.0. The first-order valence-electron chi connectivity index (χ1n) is 8.49. The molecule has 3 rings (SSSR count). The van der Waals surface area contributed by atoms with Gasteiger partial charge in [0.05, 0.1) is 17.7 Å². The van der Waals surface area contributed by atoms with E-state index in [2.05, 4.69) is 10.4 Å². The Bertz CT molecular complexity index is 1130. The Balaban J connectivity index is 2.01. The molecule has 158 valence electrons. The second-order valence-corrected chi connectivity index (χ2v) is 8.04. The molecule has 0 bridgehead atoms. The summed E-state index contributed by atoms with van der Waals surface area (Å²) in [5, 5.41) is 6.52. The van der Waals surface area contributed by atoms with E-state index in [4.69, 9.17) is 4.74 Å². The van der Waals surface area contributed by atoms with Crippen LogP contribution in [0.5, 0.6) is 5.75 Å². The van der Waals surface area contributed by atoms with Crippen LogP contribution in [-0.4, -0.2) is 36.7 Å². The topological polar surface area (TPSA) is 90.3 Å². The highest BCUT2D eigenvalue weighted by molar-refractivity contribution is 7.92. The van der Waals surface area contributed by atoms with Crippen LogP contribution in [0.1, 0.15) is 11.6 Å². The summed E-state index contributed by atoms with van der Waals surface area (Å²) in [7, 11) is -4.36. The number of nitrogens with one attached hydrogen (secondary N) is 1. The molecule has 2 aromatic carbocycles. The van der Waals surface area contributed by atoms with Crippen molar-refractivity contribution in [3.63, 3.8) is 0 Å².